The van der Waals surface area contributed by atoms with Crippen LogP contribution in [-0.4, -0.2) is 22.1 Å². The van der Waals surface area contributed by atoms with Crippen LogP contribution in [0.1, 0.15) is 43.7 Å². The molecule has 0 aliphatic rings. The van der Waals surface area contributed by atoms with E-state index in [0.717, 1.165) is 0 Å². The molecule has 1 heterocycles. The van der Waals surface area contributed by atoms with E-state index in [9.17, 15) is 14.4 Å². The number of benzene rings is 1. The highest BCUT2D eigenvalue weighted by Gasteiger charge is 2.26. The Balaban J connectivity index is 2.75. The molecule has 0 saturated heterocycles. The molecule has 1 unspecified atom stereocenters. The van der Waals surface area contributed by atoms with Crippen LogP contribution in [0.5, 0.6) is 0 Å². The van der Waals surface area contributed by atoms with E-state index < -0.39 is 23.3 Å². The van der Waals surface area contributed by atoms with Crippen molar-refractivity contribution in [3.63, 3.8) is 0 Å². The van der Waals surface area contributed by atoms with Crippen molar-refractivity contribution in [2.75, 3.05) is 6.61 Å². The molecule has 0 fully saturated rings. The number of nitrogens with one attached hydrogen (secondary N) is 1. The molecule has 134 valence electrons. The third-order valence-corrected chi connectivity index (χ3v) is 3.75. The van der Waals surface area contributed by atoms with Crippen molar-refractivity contribution in [2.24, 2.45) is 0 Å². The van der Waals surface area contributed by atoms with Gasteiger partial charge >= 0.3 is 11.7 Å². The van der Waals surface area contributed by atoms with Crippen molar-refractivity contribution in [2.45, 2.75) is 40.0 Å². The summed E-state index contributed by atoms with van der Waals surface area (Å²) >= 11 is 0. The summed E-state index contributed by atoms with van der Waals surface area (Å²) < 4.78 is 12.2. The highest BCUT2D eigenvalue weighted by Crippen LogP contribution is 2.27. The van der Waals surface area contributed by atoms with Crippen LogP contribution in [0.15, 0.2) is 39.9 Å². The monoisotopic (exact) mass is 346 g/mol. The fourth-order valence-corrected chi connectivity index (χ4v) is 2.66. The lowest BCUT2D eigenvalue weighted by molar-refractivity contribution is -0.145. The molecule has 7 nitrogen and oxygen atoms in total. The third-order valence-electron chi connectivity index (χ3n) is 3.75. The Hall–Kier alpha value is -2.67. The molecule has 1 aromatic heterocycles. The summed E-state index contributed by atoms with van der Waals surface area (Å²) in [6.45, 7) is 5.26. The second-order valence-electron chi connectivity index (χ2n) is 5.43. The van der Waals surface area contributed by atoms with Crippen molar-refractivity contribution in [1.29, 1.82) is 0 Å². The number of H-pyrrole nitrogens is 1. The summed E-state index contributed by atoms with van der Waals surface area (Å²) in [5, 5.41) is 0. The number of carbonyl (C=O) groups excluding carboxylic acids is 1. The molecule has 0 spiro atoms. The number of nitrogens with zero attached hydrogens (tertiary/aromatic N) is 1. The van der Waals surface area contributed by atoms with Crippen LogP contribution < -0.4 is 11.2 Å². The summed E-state index contributed by atoms with van der Waals surface area (Å²) in [4.78, 5) is 38.6. The first-order chi connectivity index (χ1) is 12.0. The molecule has 2 aromatic rings. The lowest BCUT2D eigenvalue weighted by Gasteiger charge is -2.23. The zero-order valence-electron chi connectivity index (χ0n) is 14.6. The molecular weight excluding hydrogens is 324 g/mol. The first-order valence-electron chi connectivity index (χ1n) is 8.15. The van der Waals surface area contributed by atoms with Crippen LogP contribution in [0.25, 0.3) is 0 Å². The lowest BCUT2D eigenvalue weighted by atomic mass is 10.0. The molecule has 0 aliphatic carbocycles. The second-order valence-corrected chi connectivity index (χ2v) is 5.43. The molecule has 7 heteroatoms. The molecule has 0 amide bonds. The Kier molecular flexibility index (Phi) is 6.30. The quantitative estimate of drug-likeness (QED) is 0.771. The normalized spacial score (nSPS) is 12.0. The van der Waals surface area contributed by atoms with Gasteiger partial charge in [0.05, 0.1) is 5.69 Å². The molecule has 0 radical (unpaired) electrons. The number of esters is 1. The summed E-state index contributed by atoms with van der Waals surface area (Å²) in [5.74, 6) is -0.508. The van der Waals surface area contributed by atoms with E-state index in [0.29, 0.717) is 29.8 Å². The number of rotatable bonds is 7. The maximum absolute atomic E-state index is 12.3. The van der Waals surface area contributed by atoms with Gasteiger partial charge in [-0.1, -0.05) is 37.3 Å². The Morgan fingerprint density at radius 3 is 2.44 bits per heavy atom. The van der Waals surface area contributed by atoms with E-state index in [1.165, 1.54) is 11.5 Å². The van der Waals surface area contributed by atoms with Crippen molar-refractivity contribution in [3.8, 4) is 0 Å². The summed E-state index contributed by atoms with van der Waals surface area (Å²) in [5.41, 5.74) is 0.310. The van der Waals surface area contributed by atoms with Gasteiger partial charge in [0.25, 0.3) is 5.56 Å². The average molecular weight is 346 g/mol. The highest BCUT2D eigenvalue weighted by atomic mass is 16.5. The van der Waals surface area contributed by atoms with Crippen LogP contribution in [0.2, 0.25) is 0 Å². The highest BCUT2D eigenvalue weighted by molar-refractivity contribution is 5.66. The van der Waals surface area contributed by atoms with Gasteiger partial charge in [-0.3, -0.25) is 19.1 Å². The van der Waals surface area contributed by atoms with Crippen LogP contribution >= 0.6 is 0 Å². The van der Waals surface area contributed by atoms with E-state index in [2.05, 4.69) is 4.98 Å². The van der Waals surface area contributed by atoms with Crippen LogP contribution in [0.4, 0.5) is 0 Å². The minimum atomic E-state index is -0.871. The van der Waals surface area contributed by atoms with E-state index >= 15 is 0 Å². The Labute approximate surface area is 145 Å². The van der Waals surface area contributed by atoms with E-state index in [1.54, 1.807) is 38.1 Å². The number of hydrogen-bond donors (Lipinski definition) is 1. The largest absolute Gasteiger partial charge is 0.451 e. The van der Waals surface area contributed by atoms with E-state index in [4.69, 9.17) is 9.47 Å². The fourth-order valence-electron chi connectivity index (χ4n) is 2.66. The van der Waals surface area contributed by atoms with Gasteiger partial charge in [0.1, 0.15) is 6.73 Å². The van der Waals surface area contributed by atoms with Gasteiger partial charge in [-0.05, 0) is 18.9 Å². The molecule has 0 saturated carbocycles. The number of hydrogen-bond acceptors (Lipinski definition) is 5. The number of carbonyl (C=O) groups is 1. The summed E-state index contributed by atoms with van der Waals surface area (Å²) in [7, 11) is 0. The van der Waals surface area contributed by atoms with Gasteiger partial charge in [-0.15, -0.1) is 0 Å². The third kappa shape index (κ3) is 4.24. The first kappa shape index (κ1) is 18.7. The van der Waals surface area contributed by atoms with Crippen LogP contribution in [0, 0.1) is 0 Å². The lowest BCUT2D eigenvalue weighted by Crippen LogP contribution is -2.38. The van der Waals surface area contributed by atoms with Gasteiger partial charge in [-0.2, -0.15) is 0 Å². The van der Waals surface area contributed by atoms with Gasteiger partial charge < -0.3 is 9.47 Å². The van der Waals surface area contributed by atoms with Crippen molar-refractivity contribution < 1.29 is 14.3 Å². The predicted molar refractivity (Wildman–Crippen MR) is 92.4 cm³/mol. The molecule has 0 aliphatic heterocycles. The zero-order chi connectivity index (χ0) is 18.4. The van der Waals surface area contributed by atoms with E-state index in [1.807, 2.05) is 6.07 Å². The van der Waals surface area contributed by atoms with Gasteiger partial charge in [-0.25, -0.2) is 4.79 Å². The van der Waals surface area contributed by atoms with Gasteiger partial charge in [0.2, 0.25) is 0 Å². The fraction of sp³-hybridized carbons (Fsp3) is 0.389. The number of ether oxygens (including phenoxy) is 2. The van der Waals surface area contributed by atoms with Crippen molar-refractivity contribution in [1.82, 2.24) is 9.55 Å². The molecule has 1 aromatic carbocycles. The maximum atomic E-state index is 12.3. The Morgan fingerprint density at radius 2 is 1.88 bits per heavy atom. The minimum absolute atomic E-state index is 0.0426. The topological polar surface area (TPSA) is 90.4 Å². The minimum Gasteiger partial charge on any atom is -0.451 e. The standard InChI is InChI=1S/C18H22N2O5/c1-4-14-15(20(11-24-5-2)18(23)19-17(14)22)16(25-12(3)21)13-9-7-6-8-10-13/h6-10,16H,4-5,11H2,1-3H3,(H,19,22,23). The molecule has 1 atom stereocenters. The van der Waals surface area contributed by atoms with Gasteiger partial charge in [0, 0.05) is 19.1 Å². The second kappa shape index (κ2) is 8.43. The van der Waals surface area contributed by atoms with Gasteiger partial charge in [0.15, 0.2) is 6.10 Å². The average Bonchev–Trinajstić information content (AvgIpc) is 2.59. The summed E-state index contributed by atoms with van der Waals surface area (Å²) in [6.07, 6.45) is -0.495. The van der Waals surface area contributed by atoms with Crippen LogP contribution in [0.3, 0.4) is 0 Å². The molecule has 1 N–H and O–H groups in total. The summed E-state index contributed by atoms with van der Waals surface area (Å²) in [6, 6.07) is 9.00. The number of aromatic amines is 1. The molecule has 25 heavy (non-hydrogen) atoms. The molecule has 2 rings (SSSR count). The number of aromatic nitrogens is 2. The smallest absolute Gasteiger partial charge is 0.330 e. The SMILES string of the molecule is CCOCn1c(C(OC(C)=O)c2ccccc2)c(CC)c(=O)[nH]c1=O. The van der Waals surface area contributed by atoms with E-state index in [-0.39, 0.29) is 6.73 Å². The molecule has 0 bridgehead atoms. The zero-order valence-corrected chi connectivity index (χ0v) is 14.6. The van der Waals surface area contributed by atoms with Crippen molar-refractivity contribution >= 4 is 5.97 Å². The molecular formula is C18H22N2O5. The van der Waals surface area contributed by atoms with Crippen LogP contribution in [-0.2, 0) is 27.4 Å². The van der Waals surface area contributed by atoms with Crippen molar-refractivity contribution in [3.05, 3.63) is 68.0 Å². The Morgan fingerprint density at radius 1 is 1.20 bits per heavy atom. The predicted octanol–water partition coefficient (Wildman–Crippen LogP) is 1.75. The Bertz CT molecular complexity index is 839. The first-order valence-corrected chi connectivity index (χ1v) is 8.15. The maximum Gasteiger partial charge on any atom is 0.330 e.